The molecule has 1 saturated heterocycles. The first kappa shape index (κ1) is 8.83. The maximum atomic E-state index is 7.48. The van der Waals surface area contributed by atoms with E-state index >= 15 is 0 Å². The molecule has 0 aromatic carbocycles. The Hall–Kier alpha value is -1.26. The van der Waals surface area contributed by atoms with Crippen LogP contribution in [0.3, 0.4) is 0 Å². The third-order valence-corrected chi connectivity index (χ3v) is 1.96. The van der Waals surface area contributed by atoms with Crippen LogP contribution in [-0.4, -0.2) is 29.9 Å². The lowest BCUT2D eigenvalue weighted by Crippen LogP contribution is -2.31. The lowest BCUT2D eigenvalue weighted by Gasteiger charge is -2.14. The molecule has 0 radical (unpaired) electrons. The maximum absolute atomic E-state index is 7.48. The van der Waals surface area contributed by atoms with E-state index in [1.54, 1.807) is 0 Å². The van der Waals surface area contributed by atoms with E-state index < -0.39 is 0 Å². The van der Waals surface area contributed by atoms with Gasteiger partial charge < -0.3 is 16.4 Å². The second-order valence-electron chi connectivity index (χ2n) is 3.20. The number of nitrogens with two attached hydrogens (primary N) is 2. The lowest BCUT2D eigenvalue weighted by molar-refractivity contribution is 0.486. The van der Waals surface area contributed by atoms with E-state index in [0.29, 0.717) is 5.92 Å². The van der Waals surface area contributed by atoms with E-state index in [1.807, 2.05) is 4.90 Å². The average molecular weight is 169 g/mol. The van der Waals surface area contributed by atoms with Gasteiger partial charge >= 0.3 is 0 Å². The van der Waals surface area contributed by atoms with E-state index in [0.717, 1.165) is 19.5 Å². The maximum Gasteiger partial charge on any atom is 0.221 e. The fourth-order valence-corrected chi connectivity index (χ4v) is 1.32. The largest absolute Gasteiger partial charge is 0.370 e. The number of nitrogens with one attached hydrogen (secondary N) is 1. The molecule has 1 aliphatic heterocycles. The van der Waals surface area contributed by atoms with Crippen molar-refractivity contribution in [3.05, 3.63) is 0 Å². The summed E-state index contributed by atoms with van der Waals surface area (Å²) in [7, 11) is 0. The Bertz CT molecular complexity index is 206. The molecule has 1 aliphatic rings. The summed E-state index contributed by atoms with van der Waals surface area (Å²) in [4.78, 5) is 5.55. The highest BCUT2D eigenvalue weighted by atomic mass is 15.3. The van der Waals surface area contributed by atoms with Gasteiger partial charge in [-0.05, 0) is 12.3 Å². The average Bonchev–Trinajstić information content (AvgIpc) is 2.34. The monoisotopic (exact) mass is 169 g/mol. The van der Waals surface area contributed by atoms with Crippen molar-refractivity contribution >= 4 is 11.9 Å². The van der Waals surface area contributed by atoms with Crippen LogP contribution in [0, 0.1) is 11.3 Å². The van der Waals surface area contributed by atoms with E-state index in [2.05, 4.69) is 11.9 Å². The number of hydrogen-bond donors (Lipinski definition) is 3. The van der Waals surface area contributed by atoms with Gasteiger partial charge in [-0.2, -0.15) is 4.99 Å². The van der Waals surface area contributed by atoms with Crippen molar-refractivity contribution in [3.8, 4) is 0 Å². The summed E-state index contributed by atoms with van der Waals surface area (Å²) >= 11 is 0. The van der Waals surface area contributed by atoms with E-state index in [-0.39, 0.29) is 11.9 Å². The fraction of sp³-hybridized carbons (Fsp3) is 0.714. The van der Waals surface area contributed by atoms with Gasteiger partial charge in [-0.1, -0.05) is 6.92 Å². The first-order valence-electron chi connectivity index (χ1n) is 4.02. The minimum absolute atomic E-state index is 0.0421. The van der Waals surface area contributed by atoms with Crippen LogP contribution in [0.4, 0.5) is 0 Å². The molecule has 5 heteroatoms. The van der Waals surface area contributed by atoms with Crippen molar-refractivity contribution in [3.63, 3.8) is 0 Å². The normalized spacial score (nSPS) is 22.4. The summed E-state index contributed by atoms with van der Waals surface area (Å²) in [5.74, 6) is 0.776. The van der Waals surface area contributed by atoms with Gasteiger partial charge in [0.05, 0.1) is 0 Å². The van der Waals surface area contributed by atoms with Crippen LogP contribution in [0.1, 0.15) is 13.3 Å². The number of likely N-dealkylation sites (tertiary alicyclic amines) is 1. The molecule has 0 amide bonds. The molecule has 1 atom stereocenters. The Morgan fingerprint density at radius 2 is 2.25 bits per heavy atom. The van der Waals surface area contributed by atoms with Crippen molar-refractivity contribution in [1.29, 1.82) is 5.41 Å². The number of aliphatic imine (C=N–C) groups is 1. The van der Waals surface area contributed by atoms with Crippen molar-refractivity contribution in [2.75, 3.05) is 13.1 Å². The summed E-state index contributed by atoms with van der Waals surface area (Å²) in [5, 5.41) is 7.48. The number of nitrogens with zero attached hydrogens (tertiary/aromatic N) is 2. The molecular weight excluding hydrogens is 154 g/mol. The third kappa shape index (κ3) is 2.11. The smallest absolute Gasteiger partial charge is 0.221 e. The van der Waals surface area contributed by atoms with Gasteiger partial charge in [-0.15, -0.1) is 0 Å². The van der Waals surface area contributed by atoms with Crippen molar-refractivity contribution in [1.82, 2.24) is 4.90 Å². The molecule has 0 aromatic rings. The van der Waals surface area contributed by atoms with Gasteiger partial charge in [0.2, 0.25) is 5.96 Å². The zero-order valence-electron chi connectivity index (χ0n) is 7.25. The Balaban J connectivity index is 2.49. The third-order valence-electron chi connectivity index (χ3n) is 1.96. The highest BCUT2D eigenvalue weighted by Gasteiger charge is 2.20. The van der Waals surface area contributed by atoms with Crippen LogP contribution < -0.4 is 11.5 Å². The molecule has 1 rings (SSSR count). The second-order valence-corrected chi connectivity index (χ2v) is 3.20. The summed E-state index contributed by atoms with van der Waals surface area (Å²) in [6, 6.07) is 0. The van der Waals surface area contributed by atoms with Crippen LogP contribution in [-0.2, 0) is 0 Å². The molecule has 0 aromatic heterocycles. The summed E-state index contributed by atoms with van der Waals surface area (Å²) in [6.45, 7) is 3.93. The van der Waals surface area contributed by atoms with Gasteiger partial charge in [0.25, 0.3) is 0 Å². The predicted molar refractivity (Wildman–Crippen MR) is 48.9 cm³/mol. The van der Waals surface area contributed by atoms with Gasteiger partial charge in [-0.25, -0.2) is 0 Å². The van der Waals surface area contributed by atoms with Crippen LogP contribution in [0.5, 0.6) is 0 Å². The first-order chi connectivity index (χ1) is 5.59. The molecule has 0 aliphatic carbocycles. The van der Waals surface area contributed by atoms with Gasteiger partial charge in [0.15, 0.2) is 5.96 Å². The lowest BCUT2D eigenvalue weighted by atomic mass is 10.2. The van der Waals surface area contributed by atoms with E-state index in [1.165, 1.54) is 0 Å². The topological polar surface area (TPSA) is 91.5 Å². The quantitative estimate of drug-likeness (QED) is 0.338. The Morgan fingerprint density at radius 3 is 2.67 bits per heavy atom. The number of guanidine groups is 2. The highest BCUT2D eigenvalue weighted by molar-refractivity contribution is 5.91. The minimum Gasteiger partial charge on any atom is -0.370 e. The van der Waals surface area contributed by atoms with Crippen LogP contribution >= 0.6 is 0 Å². The Kier molecular flexibility index (Phi) is 2.52. The van der Waals surface area contributed by atoms with Gasteiger partial charge in [-0.3, -0.25) is 5.41 Å². The fourth-order valence-electron chi connectivity index (χ4n) is 1.32. The van der Waals surface area contributed by atoms with Crippen molar-refractivity contribution < 1.29 is 0 Å². The van der Waals surface area contributed by atoms with E-state index in [9.17, 15) is 0 Å². The van der Waals surface area contributed by atoms with Crippen LogP contribution in [0.25, 0.3) is 0 Å². The van der Waals surface area contributed by atoms with E-state index in [4.69, 9.17) is 16.9 Å². The molecule has 5 N–H and O–H groups in total. The summed E-state index contributed by atoms with van der Waals surface area (Å²) < 4.78 is 0. The predicted octanol–water partition coefficient (Wildman–Crippen LogP) is -0.464. The zero-order valence-corrected chi connectivity index (χ0v) is 7.25. The Labute approximate surface area is 71.9 Å². The van der Waals surface area contributed by atoms with Crippen LogP contribution in [0.2, 0.25) is 0 Å². The van der Waals surface area contributed by atoms with Crippen molar-refractivity contribution in [2.24, 2.45) is 22.4 Å². The standard InChI is InChI=1S/C7H15N5/c1-5-2-3-12(4-5)7(10)11-6(8)9/h5H,2-4H2,1H3,(H5,8,9,10,11). The Morgan fingerprint density at radius 1 is 1.58 bits per heavy atom. The summed E-state index contributed by atoms with van der Waals surface area (Å²) in [6.07, 6.45) is 1.11. The second kappa shape index (κ2) is 3.42. The number of hydrogen-bond acceptors (Lipinski definition) is 1. The number of rotatable bonds is 0. The molecule has 5 nitrogen and oxygen atoms in total. The first-order valence-corrected chi connectivity index (χ1v) is 4.02. The van der Waals surface area contributed by atoms with Crippen LogP contribution in [0.15, 0.2) is 4.99 Å². The molecule has 1 heterocycles. The molecule has 0 bridgehead atoms. The molecule has 1 unspecified atom stereocenters. The van der Waals surface area contributed by atoms with Crippen molar-refractivity contribution in [2.45, 2.75) is 13.3 Å². The molecule has 1 fully saturated rings. The summed E-state index contributed by atoms with van der Waals surface area (Å²) in [5.41, 5.74) is 10.3. The van der Waals surface area contributed by atoms with Gasteiger partial charge in [0.1, 0.15) is 0 Å². The zero-order chi connectivity index (χ0) is 9.14. The molecule has 0 spiro atoms. The molecule has 68 valence electrons. The molecule has 0 saturated carbocycles. The SMILES string of the molecule is CC1CCN(C(=N)N=C(N)N)C1. The van der Waals surface area contributed by atoms with Gasteiger partial charge in [0, 0.05) is 13.1 Å². The molecular formula is C7H15N5. The highest BCUT2D eigenvalue weighted by Crippen LogP contribution is 2.14. The molecule has 12 heavy (non-hydrogen) atoms. The minimum atomic E-state index is -0.0421.